The van der Waals surface area contributed by atoms with Crippen molar-refractivity contribution in [3.63, 3.8) is 0 Å². The molecular formula is C8H6Cl3F3Si. The Balaban J connectivity index is 3.31. The molecule has 7 heteroatoms. The van der Waals surface area contributed by atoms with Crippen LogP contribution in [0, 0.1) is 0 Å². The summed E-state index contributed by atoms with van der Waals surface area (Å²) in [5, 5.41) is -0.0872. The van der Waals surface area contributed by atoms with Crippen molar-refractivity contribution in [1.29, 1.82) is 0 Å². The largest absolute Gasteiger partial charge is 0.416 e. The van der Waals surface area contributed by atoms with Crippen LogP contribution >= 0.6 is 33.8 Å². The predicted octanol–water partition coefficient (Wildman–Crippen LogP) is 3.61. The number of hydrogen-bond donors (Lipinski definition) is 0. The molecule has 1 rings (SSSR count). The summed E-state index contributed by atoms with van der Waals surface area (Å²) in [5.74, 6) is 0. The van der Waals surface area contributed by atoms with Crippen LogP contribution in [-0.2, 0) is 6.18 Å². The third-order valence-electron chi connectivity index (χ3n) is 1.79. The Labute approximate surface area is 100 Å². The topological polar surface area (TPSA) is 0 Å². The highest BCUT2D eigenvalue weighted by Crippen LogP contribution is 2.31. The zero-order valence-corrected chi connectivity index (χ0v) is 10.6. The van der Waals surface area contributed by atoms with Gasteiger partial charge in [-0.3, -0.25) is 0 Å². The number of halogens is 6. The summed E-state index contributed by atoms with van der Waals surface area (Å²) in [6.45, 7) is -3.22. The van der Waals surface area contributed by atoms with Crippen LogP contribution in [0.15, 0.2) is 24.3 Å². The third kappa shape index (κ3) is 3.03. The smallest absolute Gasteiger partial charge is 0.166 e. The fraction of sp³-hybridized carbons (Fsp3) is 0.250. The summed E-state index contributed by atoms with van der Waals surface area (Å²) < 4.78 is 37.7. The van der Waals surface area contributed by atoms with E-state index in [-0.39, 0.29) is 10.7 Å². The van der Waals surface area contributed by atoms with Crippen LogP contribution < -0.4 is 5.19 Å². The summed E-state index contributed by atoms with van der Waals surface area (Å²) in [7, 11) is 0. The van der Waals surface area contributed by atoms with E-state index < -0.39 is 18.4 Å². The average molecular weight is 294 g/mol. The maximum atomic E-state index is 12.6. The van der Waals surface area contributed by atoms with Crippen molar-refractivity contribution in [3.8, 4) is 0 Å². The van der Waals surface area contributed by atoms with Crippen LogP contribution in [0.5, 0.6) is 0 Å². The van der Waals surface area contributed by atoms with Crippen molar-refractivity contribution >= 4 is 45.6 Å². The monoisotopic (exact) mass is 292 g/mol. The van der Waals surface area contributed by atoms with Crippen LogP contribution in [0.4, 0.5) is 13.2 Å². The van der Waals surface area contributed by atoms with Gasteiger partial charge in [0.15, 0.2) is 0 Å². The van der Waals surface area contributed by atoms with Gasteiger partial charge >= 0.3 is 6.18 Å². The first-order valence-electron chi connectivity index (χ1n) is 3.89. The van der Waals surface area contributed by atoms with Gasteiger partial charge in [-0.2, -0.15) is 13.2 Å². The second-order valence-corrected chi connectivity index (χ2v) is 10.3. The maximum Gasteiger partial charge on any atom is 0.416 e. The highest BCUT2D eigenvalue weighted by molar-refractivity contribution is 7.52. The lowest BCUT2D eigenvalue weighted by molar-refractivity contribution is -0.136. The highest BCUT2D eigenvalue weighted by Gasteiger charge is 2.41. The van der Waals surface area contributed by atoms with Crippen molar-refractivity contribution < 1.29 is 13.2 Å². The maximum absolute atomic E-state index is 12.6. The van der Waals surface area contributed by atoms with E-state index in [0.29, 0.717) is 0 Å². The standard InChI is InChI=1S/C8H6Cl3F3Si/c9-5-15(10,11)7-4-2-1-3-6(7)8(12,13)14/h1-4H,5H2. The molecule has 0 unspecified atom stereocenters. The Morgan fingerprint density at radius 3 is 2.13 bits per heavy atom. The molecule has 0 aliphatic heterocycles. The lowest BCUT2D eigenvalue weighted by atomic mass is 10.2. The average Bonchev–Trinajstić information content (AvgIpc) is 2.16. The lowest BCUT2D eigenvalue weighted by Crippen LogP contribution is -2.43. The van der Waals surface area contributed by atoms with Crippen molar-refractivity contribution in [2.24, 2.45) is 0 Å². The molecule has 0 heterocycles. The Kier molecular flexibility index (Phi) is 3.98. The van der Waals surface area contributed by atoms with Crippen LogP contribution in [0.1, 0.15) is 5.56 Å². The Morgan fingerprint density at radius 1 is 1.13 bits per heavy atom. The van der Waals surface area contributed by atoms with Gasteiger partial charge in [-0.25, -0.2) is 0 Å². The summed E-state index contributed by atoms with van der Waals surface area (Å²) in [5.41, 5.74) is -0.981. The van der Waals surface area contributed by atoms with E-state index in [1.807, 2.05) is 0 Å². The van der Waals surface area contributed by atoms with Gasteiger partial charge in [0.2, 0.25) is 0 Å². The van der Waals surface area contributed by atoms with Gasteiger partial charge in [-0.15, -0.1) is 33.8 Å². The van der Waals surface area contributed by atoms with Gasteiger partial charge < -0.3 is 0 Å². The van der Waals surface area contributed by atoms with E-state index in [1.165, 1.54) is 18.2 Å². The van der Waals surface area contributed by atoms with Crippen molar-refractivity contribution in [3.05, 3.63) is 29.8 Å². The first-order valence-corrected chi connectivity index (χ1v) is 8.66. The molecule has 0 nitrogen and oxygen atoms in total. The number of benzene rings is 1. The lowest BCUT2D eigenvalue weighted by Gasteiger charge is -2.19. The summed E-state index contributed by atoms with van der Waals surface area (Å²) in [6.07, 6.45) is -4.45. The van der Waals surface area contributed by atoms with Gasteiger partial charge in [0, 0.05) is 5.50 Å². The molecule has 0 spiro atoms. The van der Waals surface area contributed by atoms with E-state index >= 15 is 0 Å². The van der Waals surface area contributed by atoms with Crippen LogP contribution in [-0.4, -0.2) is 12.2 Å². The Morgan fingerprint density at radius 2 is 1.67 bits per heavy atom. The van der Waals surface area contributed by atoms with Gasteiger partial charge in [-0.05, 0) is 5.19 Å². The van der Waals surface area contributed by atoms with Gasteiger partial charge in [-0.1, -0.05) is 24.3 Å². The van der Waals surface area contributed by atoms with Gasteiger partial charge in [0.05, 0.1) is 5.56 Å². The molecule has 0 saturated heterocycles. The first kappa shape index (κ1) is 13.2. The van der Waals surface area contributed by atoms with Gasteiger partial charge in [0.1, 0.15) is 0 Å². The van der Waals surface area contributed by atoms with E-state index in [1.54, 1.807) is 0 Å². The molecule has 1 aromatic carbocycles. The zero-order chi connectivity index (χ0) is 11.7. The molecule has 0 atom stereocenters. The number of hydrogen-bond acceptors (Lipinski definition) is 0. The van der Waals surface area contributed by atoms with Crippen molar-refractivity contribution in [2.75, 3.05) is 5.50 Å². The summed E-state index contributed by atoms with van der Waals surface area (Å²) >= 11 is 17.1. The molecule has 0 aliphatic rings. The van der Waals surface area contributed by atoms with E-state index in [0.717, 1.165) is 6.07 Å². The van der Waals surface area contributed by atoms with Crippen LogP contribution in [0.25, 0.3) is 0 Å². The second-order valence-electron chi connectivity index (χ2n) is 2.88. The van der Waals surface area contributed by atoms with Crippen LogP contribution in [0.2, 0.25) is 0 Å². The summed E-state index contributed by atoms with van der Waals surface area (Å²) in [6, 6.07) is 4.98. The van der Waals surface area contributed by atoms with Crippen molar-refractivity contribution in [1.82, 2.24) is 0 Å². The molecule has 1 aromatic rings. The molecule has 0 radical (unpaired) electrons. The third-order valence-corrected chi connectivity index (χ3v) is 7.40. The molecule has 0 N–H and O–H groups in total. The highest BCUT2D eigenvalue weighted by atomic mass is 35.7. The summed E-state index contributed by atoms with van der Waals surface area (Å²) in [4.78, 5) is 0. The van der Waals surface area contributed by atoms with E-state index in [4.69, 9.17) is 33.8 Å². The molecule has 0 fully saturated rings. The molecule has 84 valence electrons. The Bertz CT molecular complexity index is 351. The molecule has 0 amide bonds. The molecular weight excluding hydrogens is 288 g/mol. The minimum atomic E-state index is -4.45. The first-order chi connectivity index (χ1) is 6.79. The Hall–Kier alpha value is 0.0969. The minimum Gasteiger partial charge on any atom is -0.166 e. The molecule has 15 heavy (non-hydrogen) atoms. The SMILES string of the molecule is FC(F)(F)c1ccccc1[Si](Cl)(Cl)CCl. The number of alkyl halides is 4. The predicted molar refractivity (Wildman–Crippen MR) is 59.3 cm³/mol. The second kappa shape index (κ2) is 4.53. The minimum absolute atomic E-state index is 0.0872. The van der Waals surface area contributed by atoms with Gasteiger partial charge in [0.25, 0.3) is 6.69 Å². The quantitative estimate of drug-likeness (QED) is 0.444. The van der Waals surface area contributed by atoms with E-state index in [9.17, 15) is 13.2 Å². The molecule has 0 aromatic heterocycles. The van der Waals surface area contributed by atoms with E-state index in [2.05, 4.69) is 0 Å². The normalized spacial score (nSPS) is 12.9. The fourth-order valence-corrected chi connectivity index (χ4v) is 3.65. The van der Waals surface area contributed by atoms with Crippen molar-refractivity contribution in [2.45, 2.75) is 6.18 Å². The molecule has 0 aliphatic carbocycles. The zero-order valence-electron chi connectivity index (χ0n) is 7.28. The molecule has 0 saturated carbocycles. The van der Waals surface area contributed by atoms with Crippen LogP contribution in [0.3, 0.4) is 0 Å². The number of rotatable bonds is 2. The fourth-order valence-electron chi connectivity index (χ4n) is 1.12. The molecule has 0 bridgehead atoms.